The number of fused-ring (bicyclic) bond motifs is 1. The van der Waals surface area contributed by atoms with Crippen molar-refractivity contribution >= 4 is 32.2 Å². The summed E-state index contributed by atoms with van der Waals surface area (Å²) >= 11 is 0. The molecule has 0 atom stereocenters. The van der Waals surface area contributed by atoms with Crippen molar-refractivity contribution in [2.75, 3.05) is 6.54 Å². The average Bonchev–Trinajstić information content (AvgIpc) is 2.98. The van der Waals surface area contributed by atoms with Crippen LogP contribution < -0.4 is 4.72 Å². The van der Waals surface area contributed by atoms with Gasteiger partial charge in [-0.1, -0.05) is 37.7 Å². The van der Waals surface area contributed by atoms with Crippen LogP contribution >= 0.6 is 9.39 Å². The molecule has 0 aliphatic carbocycles. The molecule has 0 spiro atoms. The number of aromatic amines is 1. The van der Waals surface area contributed by atoms with Gasteiger partial charge in [0.25, 0.3) is 0 Å². The molecule has 120 valence electrons. The second-order valence-electron chi connectivity index (χ2n) is 5.67. The highest BCUT2D eigenvalue weighted by atomic mass is 32.2. The Morgan fingerprint density at radius 2 is 1.87 bits per heavy atom. The first-order valence-electron chi connectivity index (χ1n) is 7.86. The van der Waals surface area contributed by atoms with Gasteiger partial charge in [-0.3, -0.25) is 4.72 Å². The number of aromatic nitrogens is 2. The van der Waals surface area contributed by atoms with Crippen LogP contribution in [0.25, 0.3) is 22.2 Å². The first-order valence-corrected chi connectivity index (χ1v) is 9.83. The van der Waals surface area contributed by atoms with Crippen molar-refractivity contribution in [1.82, 2.24) is 14.7 Å². The molecule has 3 rings (SSSR count). The van der Waals surface area contributed by atoms with E-state index in [0.29, 0.717) is 0 Å². The van der Waals surface area contributed by atoms with Crippen LogP contribution in [0.1, 0.15) is 19.5 Å². The summed E-state index contributed by atoms with van der Waals surface area (Å²) in [5.74, 6) is 8.49. The molecule has 0 saturated carbocycles. The number of nitrogens with zero attached hydrogens (tertiary/aromatic N) is 1. The van der Waals surface area contributed by atoms with E-state index in [1.807, 2.05) is 6.20 Å². The van der Waals surface area contributed by atoms with Crippen molar-refractivity contribution in [1.29, 1.82) is 0 Å². The predicted molar refractivity (Wildman–Crippen MR) is 105 cm³/mol. The molecule has 2 N–H and O–H groups in total. The maximum Gasteiger partial charge on any atom is 0.138 e. The van der Waals surface area contributed by atoms with Crippen molar-refractivity contribution in [3.8, 4) is 11.1 Å². The Hall–Kier alpha value is -2.04. The van der Waals surface area contributed by atoms with Gasteiger partial charge in [0, 0.05) is 28.7 Å². The Morgan fingerprint density at radius 1 is 1.13 bits per heavy atom. The summed E-state index contributed by atoms with van der Waals surface area (Å²) < 4.78 is 3.38. The molecule has 0 radical (unpaired) electrons. The number of pyridine rings is 1. The van der Waals surface area contributed by atoms with Gasteiger partial charge in [-0.15, -0.1) is 9.39 Å². The Bertz CT molecular complexity index is 919. The molecule has 2 aromatic heterocycles. The fraction of sp³-hybridized carbons (Fsp3) is 0.211. The summed E-state index contributed by atoms with van der Waals surface area (Å²) in [5, 5.41) is 1.17. The molecule has 0 saturated heterocycles. The molecule has 0 unspecified atom stereocenters. The number of rotatable bonds is 5. The molecule has 2 heterocycles. The van der Waals surface area contributed by atoms with E-state index in [4.69, 9.17) is 0 Å². The standard InChI is InChI=1S/C19H23N3S/c1-5-15-13-18-17(11-12-20-19(18)22-15)14-7-9-16(10-8-14)23(3,4)21-6-2/h7-13,21H,3-6H2,1-2H3,(H,20,22). The number of aryl methyl sites for hydroxylation is 1. The van der Waals surface area contributed by atoms with Gasteiger partial charge in [0.1, 0.15) is 5.65 Å². The van der Waals surface area contributed by atoms with E-state index in [0.717, 1.165) is 23.5 Å². The average molecular weight is 325 g/mol. The van der Waals surface area contributed by atoms with Gasteiger partial charge in [0.05, 0.1) is 0 Å². The fourth-order valence-corrected chi connectivity index (χ4v) is 4.15. The first-order chi connectivity index (χ1) is 11.0. The van der Waals surface area contributed by atoms with Crippen LogP contribution in [0.4, 0.5) is 0 Å². The van der Waals surface area contributed by atoms with E-state index in [1.54, 1.807) is 0 Å². The molecule has 3 aromatic rings. The summed E-state index contributed by atoms with van der Waals surface area (Å²) in [6.45, 7) is 5.10. The third-order valence-corrected chi connectivity index (χ3v) is 6.02. The van der Waals surface area contributed by atoms with Gasteiger partial charge in [0.2, 0.25) is 0 Å². The summed E-state index contributed by atoms with van der Waals surface area (Å²) in [6.07, 6.45) is 2.84. The van der Waals surface area contributed by atoms with Crippen molar-refractivity contribution in [2.45, 2.75) is 25.2 Å². The zero-order valence-electron chi connectivity index (χ0n) is 13.7. The minimum atomic E-state index is -1.42. The second-order valence-corrected chi connectivity index (χ2v) is 8.20. The summed E-state index contributed by atoms with van der Waals surface area (Å²) in [5.41, 5.74) is 4.55. The third kappa shape index (κ3) is 3.05. The van der Waals surface area contributed by atoms with E-state index in [9.17, 15) is 0 Å². The molecule has 3 nitrogen and oxygen atoms in total. The molecule has 0 fully saturated rings. The molecular formula is C19H23N3S. The Kier molecular flexibility index (Phi) is 4.28. The summed E-state index contributed by atoms with van der Waals surface area (Å²) in [7, 11) is -1.42. The molecule has 4 heteroatoms. The van der Waals surface area contributed by atoms with Crippen LogP contribution in [0.5, 0.6) is 0 Å². The smallest absolute Gasteiger partial charge is 0.138 e. The van der Waals surface area contributed by atoms with E-state index in [-0.39, 0.29) is 0 Å². The van der Waals surface area contributed by atoms with E-state index in [1.165, 1.54) is 22.2 Å². The third-order valence-electron chi connectivity index (χ3n) is 4.01. The Balaban J connectivity index is 2.04. The minimum Gasteiger partial charge on any atom is -0.343 e. The largest absolute Gasteiger partial charge is 0.343 e. The Morgan fingerprint density at radius 3 is 2.52 bits per heavy atom. The van der Waals surface area contributed by atoms with E-state index < -0.39 is 9.39 Å². The Labute approximate surface area is 138 Å². The SMILES string of the molecule is C=S(=C)(NCC)c1ccc(-c2ccnc3[nH]c(CC)cc23)cc1. The monoisotopic (exact) mass is 325 g/mol. The van der Waals surface area contributed by atoms with Gasteiger partial charge in [-0.05, 0) is 41.8 Å². The van der Waals surface area contributed by atoms with Gasteiger partial charge in [0.15, 0.2) is 0 Å². The molecule has 0 aliphatic rings. The number of benzene rings is 1. The van der Waals surface area contributed by atoms with Gasteiger partial charge < -0.3 is 4.98 Å². The fourth-order valence-electron chi connectivity index (χ4n) is 2.78. The molecule has 0 aliphatic heterocycles. The lowest BCUT2D eigenvalue weighted by Gasteiger charge is -2.16. The van der Waals surface area contributed by atoms with Crippen molar-refractivity contribution in [3.05, 3.63) is 48.3 Å². The normalized spacial score (nSPS) is 11.9. The minimum absolute atomic E-state index is 0.873. The number of hydrogen-bond acceptors (Lipinski definition) is 2. The van der Waals surface area contributed by atoms with Crippen molar-refractivity contribution in [3.63, 3.8) is 0 Å². The van der Waals surface area contributed by atoms with Crippen LogP contribution in [0.3, 0.4) is 0 Å². The maximum absolute atomic E-state index is 4.44. The van der Waals surface area contributed by atoms with E-state index in [2.05, 4.69) is 76.7 Å². The highest BCUT2D eigenvalue weighted by Crippen LogP contribution is 2.32. The highest BCUT2D eigenvalue weighted by Gasteiger charge is 2.08. The van der Waals surface area contributed by atoms with Crippen LogP contribution in [0.15, 0.2) is 47.5 Å². The summed E-state index contributed by atoms with van der Waals surface area (Å²) in [6, 6.07) is 12.8. The molecule has 0 amide bonds. The lowest BCUT2D eigenvalue weighted by Crippen LogP contribution is -2.07. The van der Waals surface area contributed by atoms with Gasteiger partial charge >= 0.3 is 0 Å². The molecule has 23 heavy (non-hydrogen) atoms. The lowest BCUT2D eigenvalue weighted by molar-refractivity contribution is 1.03. The second kappa shape index (κ2) is 6.22. The quantitative estimate of drug-likeness (QED) is 0.685. The predicted octanol–water partition coefficient (Wildman–Crippen LogP) is 4.34. The molecular weight excluding hydrogens is 302 g/mol. The van der Waals surface area contributed by atoms with Crippen LogP contribution in [0, 0.1) is 0 Å². The van der Waals surface area contributed by atoms with Crippen molar-refractivity contribution in [2.24, 2.45) is 0 Å². The zero-order chi connectivity index (χ0) is 16.4. The highest BCUT2D eigenvalue weighted by molar-refractivity contribution is 8.26. The van der Waals surface area contributed by atoms with Crippen molar-refractivity contribution < 1.29 is 0 Å². The molecule has 0 bridgehead atoms. The number of H-pyrrole nitrogens is 1. The molecule has 1 aromatic carbocycles. The van der Waals surface area contributed by atoms with Gasteiger partial charge in [-0.2, -0.15) is 0 Å². The van der Waals surface area contributed by atoms with Crippen LogP contribution in [-0.2, 0) is 6.42 Å². The van der Waals surface area contributed by atoms with E-state index >= 15 is 0 Å². The topological polar surface area (TPSA) is 40.7 Å². The first kappa shape index (κ1) is 15.8. The van der Waals surface area contributed by atoms with Gasteiger partial charge in [-0.25, -0.2) is 4.98 Å². The number of hydrogen-bond donors (Lipinski definition) is 2. The maximum atomic E-state index is 4.44. The van der Waals surface area contributed by atoms with Crippen LogP contribution in [-0.4, -0.2) is 28.3 Å². The lowest BCUT2D eigenvalue weighted by atomic mass is 10.0. The summed E-state index contributed by atoms with van der Waals surface area (Å²) in [4.78, 5) is 8.97. The zero-order valence-corrected chi connectivity index (χ0v) is 14.5. The number of nitrogens with one attached hydrogen (secondary N) is 2. The van der Waals surface area contributed by atoms with Crippen LogP contribution in [0.2, 0.25) is 0 Å².